The van der Waals surface area contributed by atoms with Gasteiger partial charge in [0.1, 0.15) is 5.75 Å². The molecule has 0 unspecified atom stereocenters. The van der Waals surface area contributed by atoms with Gasteiger partial charge in [-0.25, -0.2) is 0 Å². The molecule has 0 saturated carbocycles. The molecule has 0 aliphatic heterocycles. The molecule has 0 saturated heterocycles. The van der Waals surface area contributed by atoms with Crippen molar-refractivity contribution in [2.24, 2.45) is 0 Å². The number of halogens is 1. The Hall–Kier alpha value is -2.53. The fourth-order valence-electron chi connectivity index (χ4n) is 2.03. The van der Waals surface area contributed by atoms with E-state index in [0.29, 0.717) is 29.4 Å². The first kappa shape index (κ1) is 17.8. The normalized spacial score (nSPS) is 10.1. The molecule has 2 N–H and O–H groups in total. The number of aryl methyl sites for hydroxylation is 1. The predicted molar refractivity (Wildman–Crippen MR) is 93.5 cm³/mol. The topological polar surface area (TPSA) is 67.4 Å². The minimum absolute atomic E-state index is 0.0899. The Balaban J connectivity index is 1.65. The van der Waals surface area contributed by atoms with Gasteiger partial charge in [-0.3, -0.25) is 9.59 Å². The van der Waals surface area contributed by atoms with Crippen molar-refractivity contribution < 1.29 is 14.3 Å². The van der Waals surface area contributed by atoms with E-state index in [0.717, 1.165) is 5.56 Å². The van der Waals surface area contributed by atoms with Crippen LogP contribution in [0.3, 0.4) is 0 Å². The van der Waals surface area contributed by atoms with Crippen LogP contribution in [0, 0.1) is 6.92 Å². The van der Waals surface area contributed by atoms with E-state index >= 15 is 0 Å². The highest BCUT2D eigenvalue weighted by molar-refractivity contribution is 6.30. The molecule has 2 aromatic carbocycles. The largest absolute Gasteiger partial charge is 0.484 e. The van der Waals surface area contributed by atoms with Crippen LogP contribution in [0.2, 0.25) is 5.02 Å². The molecule has 6 heteroatoms. The van der Waals surface area contributed by atoms with E-state index in [1.807, 2.05) is 25.1 Å². The average Bonchev–Trinajstić information content (AvgIpc) is 2.58. The zero-order valence-corrected chi connectivity index (χ0v) is 14.1. The minimum atomic E-state index is -0.255. The first-order valence-corrected chi connectivity index (χ1v) is 7.93. The number of hydrogen-bond donors (Lipinski definition) is 2. The van der Waals surface area contributed by atoms with Gasteiger partial charge in [0.15, 0.2) is 6.61 Å². The van der Waals surface area contributed by atoms with E-state index in [-0.39, 0.29) is 18.4 Å². The van der Waals surface area contributed by atoms with Gasteiger partial charge in [-0.15, -0.1) is 0 Å². The lowest BCUT2D eigenvalue weighted by atomic mass is 10.1. The maximum absolute atomic E-state index is 12.0. The van der Waals surface area contributed by atoms with E-state index < -0.39 is 0 Å². The minimum Gasteiger partial charge on any atom is -0.484 e. The van der Waals surface area contributed by atoms with Crippen molar-refractivity contribution >= 4 is 23.4 Å². The molecule has 5 nitrogen and oxygen atoms in total. The maximum atomic E-state index is 12.0. The molecule has 0 fully saturated rings. The second-order valence-electron chi connectivity index (χ2n) is 5.16. The number of hydrogen-bond acceptors (Lipinski definition) is 3. The third kappa shape index (κ3) is 5.59. The molecule has 126 valence electrons. The van der Waals surface area contributed by atoms with Crippen molar-refractivity contribution in [3.05, 3.63) is 64.7 Å². The van der Waals surface area contributed by atoms with Crippen molar-refractivity contribution in [3.63, 3.8) is 0 Å². The van der Waals surface area contributed by atoms with Crippen LogP contribution in [0.4, 0.5) is 0 Å². The highest BCUT2D eigenvalue weighted by Crippen LogP contribution is 2.15. The van der Waals surface area contributed by atoms with Gasteiger partial charge in [0.05, 0.1) is 0 Å². The predicted octanol–water partition coefficient (Wildman–Crippen LogP) is 2.57. The molecule has 24 heavy (non-hydrogen) atoms. The van der Waals surface area contributed by atoms with Crippen LogP contribution >= 0.6 is 11.6 Å². The van der Waals surface area contributed by atoms with Gasteiger partial charge in [0.2, 0.25) is 0 Å². The van der Waals surface area contributed by atoms with Crippen LogP contribution in [0.25, 0.3) is 0 Å². The van der Waals surface area contributed by atoms with Gasteiger partial charge in [-0.05, 0) is 42.8 Å². The number of rotatable bonds is 7. The van der Waals surface area contributed by atoms with Crippen LogP contribution < -0.4 is 15.4 Å². The van der Waals surface area contributed by atoms with Crippen molar-refractivity contribution in [2.45, 2.75) is 6.92 Å². The average molecular weight is 347 g/mol. The summed E-state index contributed by atoms with van der Waals surface area (Å²) < 4.78 is 5.33. The molecule has 0 radical (unpaired) electrons. The number of nitrogens with one attached hydrogen (secondary N) is 2. The second kappa shape index (κ2) is 8.93. The molecule has 2 rings (SSSR count). The second-order valence-corrected chi connectivity index (χ2v) is 5.60. The molecule has 0 aliphatic rings. The van der Waals surface area contributed by atoms with Crippen molar-refractivity contribution in [1.82, 2.24) is 10.6 Å². The molecule has 0 atom stereocenters. The Labute approximate surface area is 146 Å². The Morgan fingerprint density at radius 2 is 1.67 bits per heavy atom. The number of carbonyl (C=O) groups excluding carboxylic acids is 2. The number of amides is 2. The Kier molecular flexibility index (Phi) is 6.63. The number of ether oxygens (including phenoxy) is 1. The third-order valence-electron chi connectivity index (χ3n) is 3.31. The summed E-state index contributed by atoms with van der Waals surface area (Å²) in [6.07, 6.45) is 0. The van der Waals surface area contributed by atoms with Gasteiger partial charge < -0.3 is 15.4 Å². The van der Waals surface area contributed by atoms with Crippen LogP contribution in [-0.4, -0.2) is 31.5 Å². The summed E-state index contributed by atoms with van der Waals surface area (Å²) in [6, 6.07) is 14.1. The third-order valence-corrected chi connectivity index (χ3v) is 3.56. The highest BCUT2D eigenvalue weighted by atomic mass is 35.5. The summed E-state index contributed by atoms with van der Waals surface area (Å²) in [5.41, 5.74) is 1.55. The number of benzene rings is 2. The van der Waals surface area contributed by atoms with Gasteiger partial charge in [-0.2, -0.15) is 0 Å². The molecule has 2 aromatic rings. The zero-order chi connectivity index (χ0) is 17.4. The smallest absolute Gasteiger partial charge is 0.258 e. The summed E-state index contributed by atoms with van der Waals surface area (Å²) in [6.45, 7) is 2.47. The molecular weight excluding hydrogens is 328 g/mol. The molecule has 0 bridgehead atoms. The molecule has 0 aromatic heterocycles. The molecule has 0 heterocycles. The summed E-state index contributed by atoms with van der Waals surface area (Å²) in [5.74, 6) is 0.164. The molecule has 0 aliphatic carbocycles. The Morgan fingerprint density at radius 3 is 2.38 bits per heavy atom. The lowest BCUT2D eigenvalue weighted by Gasteiger charge is -2.09. The highest BCUT2D eigenvalue weighted by Gasteiger charge is 2.07. The van der Waals surface area contributed by atoms with Crippen molar-refractivity contribution in [1.29, 1.82) is 0 Å². The van der Waals surface area contributed by atoms with E-state index in [4.69, 9.17) is 16.3 Å². The summed E-state index contributed by atoms with van der Waals surface area (Å²) in [5, 5.41) is 6.05. The first-order valence-electron chi connectivity index (χ1n) is 7.55. The fraction of sp³-hybridized carbons (Fsp3) is 0.222. The van der Waals surface area contributed by atoms with Crippen LogP contribution in [0.5, 0.6) is 5.75 Å². The Bertz CT molecular complexity index is 702. The zero-order valence-electron chi connectivity index (χ0n) is 13.3. The SMILES string of the molecule is Cc1ccccc1C(=O)NCCNC(=O)COc1ccc(Cl)cc1. The van der Waals surface area contributed by atoms with E-state index in [9.17, 15) is 9.59 Å². The van der Waals surface area contributed by atoms with E-state index in [1.165, 1.54) is 0 Å². The van der Waals surface area contributed by atoms with E-state index in [1.54, 1.807) is 30.3 Å². The quantitative estimate of drug-likeness (QED) is 0.757. The maximum Gasteiger partial charge on any atom is 0.258 e. The van der Waals surface area contributed by atoms with Gasteiger partial charge >= 0.3 is 0 Å². The van der Waals surface area contributed by atoms with Crippen LogP contribution in [-0.2, 0) is 4.79 Å². The van der Waals surface area contributed by atoms with Gasteiger partial charge in [0.25, 0.3) is 11.8 Å². The summed E-state index contributed by atoms with van der Waals surface area (Å²) in [7, 11) is 0. The van der Waals surface area contributed by atoms with Crippen molar-refractivity contribution in [3.8, 4) is 5.75 Å². The number of carbonyl (C=O) groups is 2. The van der Waals surface area contributed by atoms with Crippen molar-refractivity contribution in [2.75, 3.05) is 19.7 Å². The fourth-order valence-corrected chi connectivity index (χ4v) is 2.16. The first-order chi connectivity index (χ1) is 11.6. The molecule has 0 spiro atoms. The summed E-state index contributed by atoms with van der Waals surface area (Å²) >= 11 is 5.77. The summed E-state index contributed by atoms with van der Waals surface area (Å²) in [4.78, 5) is 23.7. The van der Waals surface area contributed by atoms with Gasteiger partial charge in [0, 0.05) is 23.7 Å². The lowest BCUT2D eigenvalue weighted by Crippen LogP contribution is -2.36. The lowest BCUT2D eigenvalue weighted by molar-refractivity contribution is -0.123. The molecular formula is C18H19ClN2O3. The van der Waals surface area contributed by atoms with Crippen LogP contribution in [0.15, 0.2) is 48.5 Å². The van der Waals surface area contributed by atoms with E-state index in [2.05, 4.69) is 10.6 Å². The standard InChI is InChI=1S/C18H19ClN2O3/c1-13-4-2-3-5-16(13)18(23)21-11-10-20-17(22)12-24-15-8-6-14(19)7-9-15/h2-9H,10-12H2,1H3,(H,20,22)(H,21,23). The van der Waals surface area contributed by atoms with Gasteiger partial charge in [-0.1, -0.05) is 29.8 Å². The van der Waals surface area contributed by atoms with Crippen LogP contribution in [0.1, 0.15) is 15.9 Å². The Morgan fingerprint density at radius 1 is 1.00 bits per heavy atom. The molecule has 2 amide bonds. The monoisotopic (exact) mass is 346 g/mol.